The van der Waals surface area contributed by atoms with Crippen LogP contribution in [0, 0.1) is 0 Å². The molecule has 0 unspecified atom stereocenters. The van der Waals surface area contributed by atoms with E-state index in [0.717, 1.165) is 11.3 Å². The highest BCUT2D eigenvalue weighted by molar-refractivity contribution is 9.11. The number of thiazole rings is 1. The fourth-order valence-electron chi connectivity index (χ4n) is 1.37. The second-order valence-electron chi connectivity index (χ2n) is 2.80. The maximum Gasteiger partial charge on any atom is 0.284 e. The fraction of sp³-hybridized carbons (Fsp3) is 0.571. The molecule has 0 aliphatic heterocycles. The van der Waals surface area contributed by atoms with Crippen LogP contribution in [-0.2, 0) is 12.3 Å². The van der Waals surface area contributed by atoms with Crippen LogP contribution in [0.5, 0.6) is 0 Å². The van der Waals surface area contributed by atoms with Crippen LogP contribution in [-0.4, -0.2) is 4.98 Å². The zero-order chi connectivity index (χ0) is 8.77. The average molecular weight is 254 g/mol. The standard InChI is InChI=1S/C7H6BrF2NS/c8-6-11-4-2-1-3-7(9,10)5(4)12-6/h1-3H2. The van der Waals surface area contributed by atoms with Gasteiger partial charge in [0.1, 0.15) is 0 Å². The van der Waals surface area contributed by atoms with Gasteiger partial charge in [0.25, 0.3) is 5.92 Å². The van der Waals surface area contributed by atoms with Crippen LogP contribution in [0.3, 0.4) is 0 Å². The summed E-state index contributed by atoms with van der Waals surface area (Å²) in [6.45, 7) is 0. The first-order valence-electron chi connectivity index (χ1n) is 3.63. The van der Waals surface area contributed by atoms with Gasteiger partial charge in [-0.25, -0.2) is 13.8 Å². The van der Waals surface area contributed by atoms with Gasteiger partial charge in [-0.15, -0.1) is 11.3 Å². The maximum atomic E-state index is 13.2. The number of hydrogen-bond acceptors (Lipinski definition) is 2. The van der Waals surface area contributed by atoms with Crippen LogP contribution in [0.1, 0.15) is 23.4 Å². The highest BCUT2D eigenvalue weighted by atomic mass is 79.9. The maximum absolute atomic E-state index is 13.2. The number of aromatic nitrogens is 1. The highest BCUT2D eigenvalue weighted by Crippen LogP contribution is 2.43. The monoisotopic (exact) mass is 253 g/mol. The second-order valence-corrected chi connectivity index (χ2v) is 5.08. The van der Waals surface area contributed by atoms with Crippen molar-refractivity contribution < 1.29 is 8.78 Å². The molecule has 0 radical (unpaired) electrons. The topological polar surface area (TPSA) is 12.9 Å². The predicted octanol–water partition coefficient (Wildman–Crippen LogP) is 3.33. The van der Waals surface area contributed by atoms with E-state index in [0.29, 0.717) is 22.5 Å². The van der Waals surface area contributed by atoms with E-state index in [9.17, 15) is 8.78 Å². The molecule has 0 saturated heterocycles. The van der Waals surface area contributed by atoms with Crippen LogP contribution in [0.25, 0.3) is 0 Å². The Bertz CT molecular complexity index is 310. The molecule has 0 atom stereocenters. The number of hydrogen-bond donors (Lipinski definition) is 0. The van der Waals surface area contributed by atoms with E-state index in [4.69, 9.17) is 0 Å². The van der Waals surface area contributed by atoms with Gasteiger partial charge in [0.2, 0.25) is 0 Å². The van der Waals surface area contributed by atoms with Gasteiger partial charge in [-0.05, 0) is 28.8 Å². The molecule has 66 valence electrons. The van der Waals surface area contributed by atoms with Crippen molar-refractivity contribution in [2.75, 3.05) is 0 Å². The van der Waals surface area contributed by atoms with Crippen molar-refractivity contribution in [2.45, 2.75) is 25.2 Å². The van der Waals surface area contributed by atoms with Crippen molar-refractivity contribution in [2.24, 2.45) is 0 Å². The molecule has 0 N–H and O–H groups in total. The summed E-state index contributed by atoms with van der Waals surface area (Å²) in [5.41, 5.74) is 0.572. The first-order chi connectivity index (χ1) is 5.59. The highest BCUT2D eigenvalue weighted by Gasteiger charge is 2.39. The summed E-state index contributed by atoms with van der Waals surface area (Å²) in [4.78, 5) is 4.16. The second kappa shape index (κ2) is 2.73. The Kier molecular flexibility index (Phi) is 1.95. The summed E-state index contributed by atoms with van der Waals surface area (Å²) in [5, 5.41) is 0. The minimum atomic E-state index is -2.64. The van der Waals surface area contributed by atoms with Crippen molar-refractivity contribution in [1.82, 2.24) is 4.98 Å². The van der Waals surface area contributed by atoms with E-state index in [1.807, 2.05) is 0 Å². The van der Waals surface area contributed by atoms with Crippen LogP contribution >= 0.6 is 27.3 Å². The summed E-state index contributed by atoms with van der Waals surface area (Å²) >= 11 is 4.17. The van der Waals surface area contributed by atoms with Gasteiger partial charge < -0.3 is 0 Å². The molecule has 5 heteroatoms. The van der Waals surface area contributed by atoms with Crippen LogP contribution in [0.15, 0.2) is 3.92 Å². The lowest BCUT2D eigenvalue weighted by Crippen LogP contribution is -2.18. The molecule has 1 aliphatic rings. The van der Waals surface area contributed by atoms with Crippen molar-refractivity contribution in [3.8, 4) is 0 Å². The number of halogens is 3. The quantitative estimate of drug-likeness (QED) is 0.692. The summed E-state index contributed by atoms with van der Waals surface area (Å²) in [6, 6.07) is 0. The predicted molar refractivity (Wildman–Crippen MR) is 46.6 cm³/mol. The lowest BCUT2D eigenvalue weighted by Gasteiger charge is -2.19. The number of aryl methyl sites for hydroxylation is 1. The Morgan fingerprint density at radius 1 is 1.50 bits per heavy atom. The van der Waals surface area contributed by atoms with Gasteiger partial charge in [0.15, 0.2) is 3.92 Å². The fourth-order valence-corrected chi connectivity index (χ4v) is 2.91. The van der Waals surface area contributed by atoms with Gasteiger partial charge in [-0.1, -0.05) is 0 Å². The van der Waals surface area contributed by atoms with Gasteiger partial charge in [-0.2, -0.15) is 0 Å². The van der Waals surface area contributed by atoms with Gasteiger partial charge in [0, 0.05) is 6.42 Å². The molecule has 0 amide bonds. The zero-order valence-electron chi connectivity index (χ0n) is 6.11. The molecule has 12 heavy (non-hydrogen) atoms. The molecule has 0 saturated carbocycles. The largest absolute Gasteiger partial charge is 0.284 e. The molecule has 1 aromatic heterocycles. The van der Waals surface area contributed by atoms with E-state index >= 15 is 0 Å². The number of rotatable bonds is 0. The normalized spacial score (nSPS) is 20.6. The van der Waals surface area contributed by atoms with Crippen LogP contribution in [0.4, 0.5) is 8.78 Å². The Morgan fingerprint density at radius 3 is 2.92 bits per heavy atom. The molecule has 0 spiro atoms. The van der Waals surface area contributed by atoms with Gasteiger partial charge in [0.05, 0.1) is 10.6 Å². The summed E-state index contributed by atoms with van der Waals surface area (Å²) in [7, 11) is 0. The molecule has 1 aromatic rings. The summed E-state index contributed by atoms with van der Waals surface area (Å²) < 4.78 is 26.9. The van der Waals surface area contributed by atoms with Gasteiger partial charge in [-0.3, -0.25) is 0 Å². The van der Waals surface area contributed by atoms with Crippen LogP contribution in [0.2, 0.25) is 0 Å². The molecule has 0 bridgehead atoms. The van der Waals surface area contributed by atoms with Gasteiger partial charge >= 0.3 is 0 Å². The minimum Gasteiger partial charge on any atom is -0.234 e. The summed E-state index contributed by atoms with van der Waals surface area (Å²) in [5.74, 6) is -2.64. The molecule has 1 aliphatic carbocycles. The van der Waals surface area contributed by atoms with Crippen molar-refractivity contribution in [1.29, 1.82) is 0 Å². The van der Waals surface area contributed by atoms with E-state index in [2.05, 4.69) is 20.9 Å². The smallest absolute Gasteiger partial charge is 0.234 e. The summed E-state index contributed by atoms with van der Waals surface area (Å²) in [6.07, 6.45) is 1.19. The Hall–Kier alpha value is -0.0300. The third-order valence-corrected chi connectivity index (χ3v) is 3.57. The minimum absolute atomic E-state index is 0.0331. The first kappa shape index (κ1) is 8.56. The van der Waals surface area contributed by atoms with Crippen molar-refractivity contribution in [3.63, 3.8) is 0 Å². The third kappa shape index (κ3) is 1.29. The molecule has 2 rings (SSSR count). The van der Waals surface area contributed by atoms with E-state index in [1.165, 1.54) is 0 Å². The Balaban J connectivity index is 2.51. The SMILES string of the molecule is FC1(F)CCCc2nc(Br)sc21. The molecular formula is C7H6BrF2NS. The molecule has 1 nitrogen and oxygen atoms in total. The number of nitrogens with zero attached hydrogens (tertiary/aromatic N) is 1. The van der Waals surface area contributed by atoms with E-state index in [-0.39, 0.29) is 11.3 Å². The van der Waals surface area contributed by atoms with Crippen molar-refractivity contribution >= 4 is 27.3 Å². The van der Waals surface area contributed by atoms with E-state index in [1.54, 1.807) is 0 Å². The third-order valence-electron chi connectivity index (χ3n) is 1.91. The van der Waals surface area contributed by atoms with E-state index < -0.39 is 5.92 Å². The first-order valence-corrected chi connectivity index (χ1v) is 5.24. The lowest BCUT2D eigenvalue weighted by molar-refractivity contribution is -0.0180. The zero-order valence-corrected chi connectivity index (χ0v) is 8.51. The Morgan fingerprint density at radius 2 is 2.25 bits per heavy atom. The lowest BCUT2D eigenvalue weighted by atomic mass is 10.00. The molecule has 0 fully saturated rings. The number of alkyl halides is 2. The van der Waals surface area contributed by atoms with Crippen LogP contribution < -0.4 is 0 Å². The average Bonchev–Trinajstić information content (AvgIpc) is 2.30. The molecule has 1 heterocycles. The Labute approximate surface area is 80.9 Å². The molecule has 0 aromatic carbocycles. The molecular weight excluding hydrogens is 248 g/mol. The van der Waals surface area contributed by atoms with Crippen molar-refractivity contribution in [3.05, 3.63) is 14.5 Å². The number of fused-ring (bicyclic) bond motifs is 1.